The van der Waals surface area contributed by atoms with Crippen molar-refractivity contribution in [3.05, 3.63) is 45.9 Å². The Morgan fingerprint density at radius 1 is 1.15 bits per heavy atom. The molecule has 0 unspecified atom stereocenters. The van der Waals surface area contributed by atoms with Gasteiger partial charge < -0.3 is 10.6 Å². The molecule has 0 saturated carbocycles. The molecular formula is C14H14BrF2N3. The quantitative estimate of drug-likeness (QED) is 0.861. The van der Waals surface area contributed by atoms with Crippen molar-refractivity contribution < 1.29 is 8.78 Å². The molecule has 106 valence electrons. The van der Waals surface area contributed by atoms with Crippen LogP contribution in [0.25, 0.3) is 0 Å². The number of halogens is 3. The Morgan fingerprint density at radius 2 is 1.85 bits per heavy atom. The molecule has 0 aliphatic carbocycles. The fraction of sp³-hybridized carbons (Fsp3) is 0.214. The summed E-state index contributed by atoms with van der Waals surface area (Å²) in [6.45, 7) is 2.00. The van der Waals surface area contributed by atoms with Crippen LogP contribution in [-0.2, 0) is 6.42 Å². The van der Waals surface area contributed by atoms with Gasteiger partial charge in [-0.2, -0.15) is 0 Å². The van der Waals surface area contributed by atoms with Crippen LogP contribution in [0.15, 0.2) is 28.7 Å². The minimum absolute atomic E-state index is 0.00376. The second-order valence-corrected chi connectivity index (χ2v) is 5.09. The van der Waals surface area contributed by atoms with Gasteiger partial charge in [0.05, 0.1) is 0 Å². The summed E-state index contributed by atoms with van der Waals surface area (Å²) in [6.07, 6.45) is 0.781. The summed E-state index contributed by atoms with van der Waals surface area (Å²) < 4.78 is 28.1. The van der Waals surface area contributed by atoms with Crippen LogP contribution in [0.1, 0.15) is 12.5 Å². The van der Waals surface area contributed by atoms with Crippen molar-refractivity contribution in [3.8, 4) is 0 Å². The van der Waals surface area contributed by atoms with Gasteiger partial charge in [-0.3, -0.25) is 0 Å². The highest BCUT2D eigenvalue weighted by atomic mass is 79.9. The van der Waals surface area contributed by atoms with E-state index >= 15 is 0 Å². The lowest BCUT2D eigenvalue weighted by atomic mass is 10.1. The maximum atomic E-state index is 13.8. The normalized spacial score (nSPS) is 10.4. The maximum Gasteiger partial charge on any atom is 0.169 e. The van der Waals surface area contributed by atoms with E-state index in [0.717, 1.165) is 28.2 Å². The fourth-order valence-corrected chi connectivity index (χ4v) is 2.24. The Balaban J connectivity index is 2.39. The topological polar surface area (TPSA) is 37.0 Å². The molecule has 0 radical (unpaired) electrons. The molecule has 0 bridgehead atoms. The molecule has 2 rings (SSSR count). The van der Waals surface area contributed by atoms with Gasteiger partial charge in [0, 0.05) is 23.3 Å². The number of aromatic nitrogens is 1. The highest BCUT2D eigenvalue weighted by molar-refractivity contribution is 9.10. The molecule has 0 amide bonds. The van der Waals surface area contributed by atoms with Crippen LogP contribution in [0.2, 0.25) is 0 Å². The smallest absolute Gasteiger partial charge is 0.169 e. The Bertz CT molecular complexity index is 632. The third-order valence-corrected chi connectivity index (χ3v) is 3.36. The average molecular weight is 342 g/mol. The monoisotopic (exact) mass is 341 g/mol. The number of hydrogen-bond donors (Lipinski definition) is 2. The number of hydrogen-bond acceptors (Lipinski definition) is 3. The van der Waals surface area contributed by atoms with Crippen LogP contribution in [-0.4, -0.2) is 12.0 Å². The van der Waals surface area contributed by atoms with E-state index in [1.165, 1.54) is 7.05 Å². The average Bonchev–Trinajstić information content (AvgIpc) is 2.43. The third kappa shape index (κ3) is 3.07. The molecule has 0 spiro atoms. The molecule has 0 aliphatic rings. The maximum absolute atomic E-state index is 13.8. The molecule has 2 aromatic rings. The Hall–Kier alpha value is -1.69. The van der Waals surface area contributed by atoms with Crippen molar-refractivity contribution in [3.63, 3.8) is 0 Å². The van der Waals surface area contributed by atoms with Crippen LogP contribution in [0.5, 0.6) is 0 Å². The van der Waals surface area contributed by atoms with Crippen molar-refractivity contribution >= 4 is 33.3 Å². The summed E-state index contributed by atoms with van der Waals surface area (Å²) in [4.78, 5) is 3.90. The molecule has 0 fully saturated rings. The predicted molar refractivity (Wildman–Crippen MR) is 80.5 cm³/mol. The molecule has 1 aromatic heterocycles. The van der Waals surface area contributed by atoms with Gasteiger partial charge in [0.15, 0.2) is 23.3 Å². The lowest BCUT2D eigenvalue weighted by Crippen LogP contribution is -2.04. The first-order valence-electron chi connectivity index (χ1n) is 6.14. The zero-order chi connectivity index (χ0) is 14.7. The second kappa shape index (κ2) is 6.17. The first-order valence-corrected chi connectivity index (χ1v) is 6.93. The molecule has 1 heterocycles. The van der Waals surface area contributed by atoms with Crippen LogP contribution in [0.4, 0.5) is 26.1 Å². The molecule has 0 atom stereocenters. The number of nitrogens with one attached hydrogen (secondary N) is 2. The van der Waals surface area contributed by atoms with Crippen molar-refractivity contribution in [1.82, 2.24) is 4.98 Å². The molecule has 6 heteroatoms. The SMILES string of the molecule is CCc1cc(Br)ccc1Nc1nc(NC)c(F)cc1F. The predicted octanol–water partition coefficient (Wildman–Crippen LogP) is 4.47. The summed E-state index contributed by atoms with van der Waals surface area (Å²) in [5.41, 5.74) is 1.76. The van der Waals surface area contributed by atoms with E-state index in [4.69, 9.17) is 0 Å². The summed E-state index contributed by atoms with van der Waals surface area (Å²) in [7, 11) is 1.53. The standard InChI is InChI=1S/C14H14BrF2N3/c1-3-8-6-9(15)4-5-12(8)19-14-11(17)7-10(16)13(18-2)20-14/h4-7H,3H2,1-2H3,(H2,18,19,20). The Kier molecular flexibility index (Phi) is 4.54. The van der Waals surface area contributed by atoms with E-state index in [0.29, 0.717) is 0 Å². The number of rotatable bonds is 4. The minimum atomic E-state index is -0.730. The Morgan fingerprint density at radius 3 is 2.50 bits per heavy atom. The van der Waals surface area contributed by atoms with Gasteiger partial charge in [0.25, 0.3) is 0 Å². The van der Waals surface area contributed by atoms with Crippen molar-refractivity contribution in [1.29, 1.82) is 0 Å². The van der Waals surface area contributed by atoms with Gasteiger partial charge in [0.2, 0.25) is 0 Å². The zero-order valence-electron chi connectivity index (χ0n) is 11.1. The number of anilines is 3. The third-order valence-electron chi connectivity index (χ3n) is 2.87. The highest BCUT2D eigenvalue weighted by Gasteiger charge is 2.12. The number of nitrogens with zero attached hydrogens (tertiary/aromatic N) is 1. The molecule has 0 aliphatic heterocycles. The highest BCUT2D eigenvalue weighted by Crippen LogP contribution is 2.27. The second-order valence-electron chi connectivity index (χ2n) is 4.18. The van der Waals surface area contributed by atoms with E-state index < -0.39 is 11.6 Å². The van der Waals surface area contributed by atoms with Crippen LogP contribution in [0.3, 0.4) is 0 Å². The van der Waals surface area contributed by atoms with E-state index in [9.17, 15) is 8.78 Å². The fourth-order valence-electron chi connectivity index (χ4n) is 1.83. The summed E-state index contributed by atoms with van der Waals surface area (Å²) in [5.74, 6) is -1.45. The molecule has 0 saturated heterocycles. The van der Waals surface area contributed by atoms with Gasteiger partial charge >= 0.3 is 0 Å². The molecular weight excluding hydrogens is 328 g/mol. The van der Waals surface area contributed by atoms with E-state index in [2.05, 4.69) is 31.5 Å². The molecule has 3 nitrogen and oxygen atoms in total. The molecule has 20 heavy (non-hydrogen) atoms. The van der Waals surface area contributed by atoms with Gasteiger partial charge in [-0.15, -0.1) is 0 Å². The van der Waals surface area contributed by atoms with E-state index in [-0.39, 0.29) is 11.6 Å². The lowest BCUT2D eigenvalue weighted by molar-refractivity contribution is 0.580. The van der Waals surface area contributed by atoms with Crippen molar-refractivity contribution in [2.24, 2.45) is 0 Å². The minimum Gasteiger partial charge on any atom is -0.371 e. The van der Waals surface area contributed by atoms with E-state index in [1.807, 2.05) is 25.1 Å². The number of aryl methyl sites for hydroxylation is 1. The summed E-state index contributed by atoms with van der Waals surface area (Å²) in [6, 6.07) is 6.43. The molecule has 2 N–H and O–H groups in total. The van der Waals surface area contributed by atoms with Crippen molar-refractivity contribution in [2.75, 3.05) is 17.7 Å². The van der Waals surface area contributed by atoms with Gasteiger partial charge in [-0.1, -0.05) is 22.9 Å². The molecule has 1 aromatic carbocycles. The zero-order valence-corrected chi connectivity index (χ0v) is 12.7. The first kappa shape index (κ1) is 14.7. The lowest BCUT2D eigenvalue weighted by Gasteiger charge is -2.13. The Labute approximate surface area is 124 Å². The number of benzene rings is 1. The van der Waals surface area contributed by atoms with Crippen LogP contribution in [0, 0.1) is 11.6 Å². The number of pyridine rings is 1. The van der Waals surface area contributed by atoms with Gasteiger partial charge in [0.1, 0.15) is 0 Å². The van der Waals surface area contributed by atoms with Crippen LogP contribution < -0.4 is 10.6 Å². The van der Waals surface area contributed by atoms with Crippen LogP contribution >= 0.6 is 15.9 Å². The summed E-state index contributed by atoms with van der Waals surface area (Å²) in [5, 5.41) is 5.49. The summed E-state index contributed by atoms with van der Waals surface area (Å²) >= 11 is 3.39. The van der Waals surface area contributed by atoms with Gasteiger partial charge in [-0.05, 0) is 30.2 Å². The first-order chi connectivity index (χ1) is 9.55. The van der Waals surface area contributed by atoms with Gasteiger partial charge in [-0.25, -0.2) is 13.8 Å². The largest absolute Gasteiger partial charge is 0.371 e. The van der Waals surface area contributed by atoms with E-state index in [1.54, 1.807) is 0 Å². The van der Waals surface area contributed by atoms with Crippen molar-refractivity contribution in [2.45, 2.75) is 13.3 Å².